The number of anilines is 1. The van der Waals surface area contributed by atoms with Crippen molar-refractivity contribution in [2.24, 2.45) is 7.05 Å². The normalized spacial score (nSPS) is 17.6. The lowest BCUT2D eigenvalue weighted by Crippen LogP contribution is -2.49. The first-order valence-electron chi connectivity index (χ1n) is 11.9. The molecule has 0 saturated carbocycles. The van der Waals surface area contributed by atoms with Crippen LogP contribution in [0.15, 0.2) is 47.5 Å². The molecule has 2 fully saturated rings. The maximum absolute atomic E-state index is 12.9. The predicted octanol–water partition coefficient (Wildman–Crippen LogP) is 1.67. The number of nitrogens with one attached hydrogen (secondary N) is 1. The molecule has 2 aliphatic heterocycles. The Morgan fingerprint density at radius 1 is 0.941 bits per heavy atom. The van der Waals surface area contributed by atoms with Gasteiger partial charge in [-0.25, -0.2) is 8.42 Å². The molecule has 34 heavy (non-hydrogen) atoms. The largest absolute Gasteiger partial charge is 0.368 e. The third-order valence-corrected chi connectivity index (χ3v) is 8.41. The molecule has 9 nitrogen and oxygen atoms in total. The highest BCUT2D eigenvalue weighted by Crippen LogP contribution is 2.22. The van der Waals surface area contributed by atoms with E-state index >= 15 is 0 Å². The van der Waals surface area contributed by atoms with E-state index in [1.807, 2.05) is 23.1 Å². The van der Waals surface area contributed by atoms with Crippen molar-refractivity contribution in [3.05, 3.63) is 48.3 Å². The van der Waals surface area contributed by atoms with Gasteiger partial charge in [-0.15, -0.1) is 0 Å². The van der Waals surface area contributed by atoms with Gasteiger partial charge < -0.3 is 19.7 Å². The highest BCUT2D eigenvalue weighted by Gasteiger charge is 2.28. The molecule has 0 unspecified atom stereocenters. The number of piperazine rings is 1. The van der Waals surface area contributed by atoms with Gasteiger partial charge in [0, 0.05) is 71.2 Å². The van der Waals surface area contributed by atoms with Crippen molar-refractivity contribution in [3.63, 3.8) is 0 Å². The number of nitrogens with zero attached hydrogens (tertiary/aromatic N) is 4. The summed E-state index contributed by atoms with van der Waals surface area (Å²) in [5.74, 6) is -0.377. The topological polar surface area (TPSA) is 95.0 Å². The molecule has 0 atom stereocenters. The van der Waals surface area contributed by atoms with Crippen molar-refractivity contribution >= 4 is 27.5 Å². The molecule has 0 spiro atoms. The highest BCUT2D eigenvalue weighted by atomic mass is 32.2. The van der Waals surface area contributed by atoms with Gasteiger partial charge in [0.2, 0.25) is 15.9 Å². The molecular formula is C24H33N5O4S. The number of para-hydroxylation sites is 1. The minimum atomic E-state index is -3.60. The molecule has 2 aliphatic rings. The lowest BCUT2D eigenvalue weighted by molar-refractivity contribution is -0.131. The van der Waals surface area contributed by atoms with E-state index in [0.29, 0.717) is 26.2 Å². The SMILES string of the molecule is Cn1cc(S(=O)(=O)N2CCCCC2)cc1C(=O)NCCC(=O)N1CCN(c2ccccc2)CC1. The van der Waals surface area contributed by atoms with Crippen LogP contribution in [-0.2, 0) is 21.9 Å². The van der Waals surface area contributed by atoms with Crippen LogP contribution < -0.4 is 10.2 Å². The van der Waals surface area contributed by atoms with Gasteiger partial charge in [0.25, 0.3) is 5.91 Å². The summed E-state index contributed by atoms with van der Waals surface area (Å²) in [4.78, 5) is 29.5. The van der Waals surface area contributed by atoms with E-state index in [2.05, 4.69) is 22.3 Å². The molecule has 0 radical (unpaired) electrons. The summed E-state index contributed by atoms with van der Waals surface area (Å²) >= 11 is 0. The molecule has 2 aromatic rings. The number of carbonyl (C=O) groups is 2. The average molecular weight is 488 g/mol. The number of carbonyl (C=O) groups excluding carboxylic acids is 2. The van der Waals surface area contributed by atoms with E-state index in [4.69, 9.17) is 0 Å². The van der Waals surface area contributed by atoms with Crippen molar-refractivity contribution in [1.29, 1.82) is 0 Å². The van der Waals surface area contributed by atoms with Gasteiger partial charge in [0.1, 0.15) is 10.6 Å². The lowest BCUT2D eigenvalue weighted by atomic mass is 10.2. The van der Waals surface area contributed by atoms with Gasteiger partial charge in [-0.2, -0.15) is 4.31 Å². The van der Waals surface area contributed by atoms with E-state index in [9.17, 15) is 18.0 Å². The number of amides is 2. The van der Waals surface area contributed by atoms with Gasteiger partial charge in [-0.05, 0) is 31.0 Å². The summed E-state index contributed by atoms with van der Waals surface area (Å²) in [6, 6.07) is 11.6. The standard InChI is InChI=1S/C24H33N5O4S/c1-26-19-21(34(32,33)29-12-6-3-7-13-29)18-22(26)24(31)25-11-10-23(30)28-16-14-27(15-17-28)20-8-4-2-5-9-20/h2,4-5,8-9,18-19H,3,6-7,10-17H2,1H3,(H,25,31). The van der Waals surface area contributed by atoms with Crippen LogP contribution in [0.5, 0.6) is 0 Å². The van der Waals surface area contributed by atoms with Crippen LogP contribution in [0.2, 0.25) is 0 Å². The van der Waals surface area contributed by atoms with E-state index in [1.54, 1.807) is 7.05 Å². The van der Waals surface area contributed by atoms with Gasteiger partial charge in [-0.3, -0.25) is 9.59 Å². The van der Waals surface area contributed by atoms with Crippen LogP contribution in [0.4, 0.5) is 5.69 Å². The molecular weight excluding hydrogens is 454 g/mol. The predicted molar refractivity (Wildman–Crippen MR) is 130 cm³/mol. The van der Waals surface area contributed by atoms with Crippen molar-refractivity contribution in [2.45, 2.75) is 30.6 Å². The summed E-state index contributed by atoms with van der Waals surface area (Å²) in [6.07, 6.45) is 4.44. The van der Waals surface area contributed by atoms with E-state index in [-0.39, 0.29) is 35.4 Å². The molecule has 1 aromatic carbocycles. The maximum Gasteiger partial charge on any atom is 0.267 e. The monoisotopic (exact) mass is 487 g/mol. The van der Waals surface area contributed by atoms with Crippen LogP contribution in [0.25, 0.3) is 0 Å². The second-order valence-electron chi connectivity index (χ2n) is 8.85. The summed E-state index contributed by atoms with van der Waals surface area (Å²) in [7, 11) is -1.95. The van der Waals surface area contributed by atoms with Gasteiger partial charge >= 0.3 is 0 Å². The van der Waals surface area contributed by atoms with E-state index < -0.39 is 10.0 Å². The van der Waals surface area contributed by atoms with E-state index in [0.717, 1.165) is 38.0 Å². The molecule has 3 heterocycles. The second kappa shape index (κ2) is 10.6. The number of hydrogen-bond acceptors (Lipinski definition) is 5. The summed E-state index contributed by atoms with van der Waals surface area (Å²) in [6.45, 7) is 4.09. The average Bonchev–Trinajstić information content (AvgIpc) is 3.27. The Hall–Kier alpha value is -2.85. The van der Waals surface area contributed by atoms with Crippen LogP contribution >= 0.6 is 0 Å². The fourth-order valence-corrected chi connectivity index (χ4v) is 6.13. The minimum Gasteiger partial charge on any atom is -0.368 e. The molecule has 0 aliphatic carbocycles. The zero-order valence-electron chi connectivity index (χ0n) is 19.6. The third kappa shape index (κ3) is 5.44. The first-order chi connectivity index (χ1) is 16.4. The molecule has 2 amide bonds. The first kappa shape index (κ1) is 24.3. The molecule has 2 saturated heterocycles. The highest BCUT2D eigenvalue weighted by molar-refractivity contribution is 7.89. The van der Waals surface area contributed by atoms with Crippen LogP contribution in [0.3, 0.4) is 0 Å². The van der Waals surface area contributed by atoms with Crippen molar-refractivity contribution in [2.75, 3.05) is 50.7 Å². The minimum absolute atomic E-state index is 0.00765. The van der Waals surface area contributed by atoms with Crippen molar-refractivity contribution in [1.82, 2.24) is 19.1 Å². The van der Waals surface area contributed by atoms with Crippen LogP contribution in [0, 0.1) is 0 Å². The Morgan fingerprint density at radius 3 is 2.29 bits per heavy atom. The fourth-order valence-electron chi connectivity index (χ4n) is 4.54. The van der Waals surface area contributed by atoms with Crippen molar-refractivity contribution in [3.8, 4) is 0 Å². The Kier molecular flexibility index (Phi) is 7.57. The van der Waals surface area contributed by atoms with Crippen molar-refractivity contribution < 1.29 is 18.0 Å². The fraction of sp³-hybridized carbons (Fsp3) is 0.500. The number of rotatable bonds is 7. The smallest absolute Gasteiger partial charge is 0.267 e. The number of aromatic nitrogens is 1. The Labute approximate surface area is 201 Å². The number of benzene rings is 1. The zero-order valence-corrected chi connectivity index (χ0v) is 20.5. The third-order valence-electron chi connectivity index (χ3n) is 6.54. The van der Waals surface area contributed by atoms with Crippen LogP contribution in [-0.4, -0.2) is 79.8 Å². The summed E-state index contributed by atoms with van der Waals surface area (Å²) in [5.41, 5.74) is 1.42. The molecule has 1 N–H and O–H groups in total. The Morgan fingerprint density at radius 2 is 1.62 bits per heavy atom. The molecule has 4 rings (SSSR count). The first-order valence-corrected chi connectivity index (χ1v) is 13.3. The quantitative estimate of drug-likeness (QED) is 0.641. The van der Waals surface area contributed by atoms with Crippen LogP contribution in [0.1, 0.15) is 36.2 Å². The lowest BCUT2D eigenvalue weighted by Gasteiger charge is -2.36. The summed E-state index contributed by atoms with van der Waals surface area (Å²) in [5, 5.41) is 2.76. The zero-order chi connectivity index (χ0) is 24.1. The summed E-state index contributed by atoms with van der Waals surface area (Å²) < 4.78 is 28.8. The van der Waals surface area contributed by atoms with Gasteiger partial charge in [0.15, 0.2) is 0 Å². The Bertz CT molecular complexity index is 1100. The number of sulfonamides is 1. The molecule has 1 aromatic heterocycles. The maximum atomic E-state index is 12.9. The second-order valence-corrected chi connectivity index (χ2v) is 10.8. The number of piperidine rings is 1. The molecule has 0 bridgehead atoms. The number of aryl methyl sites for hydroxylation is 1. The van der Waals surface area contributed by atoms with Gasteiger partial charge in [0.05, 0.1) is 0 Å². The number of hydrogen-bond donors (Lipinski definition) is 1. The van der Waals surface area contributed by atoms with Gasteiger partial charge in [-0.1, -0.05) is 24.6 Å². The Balaban J connectivity index is 1.26. The molecule has 10 heteroatoms. The van der Waals surface area contributed by atoms with E-state index in [1.165, 1.54) is 21.1 Å². The molecule has 184 valence electrons.